The van der Waals surface area contributed by atoms with Gasteiger partial charge in [0.05, 0.1) is 25.3 Å². The molecule has 0 aromatic heterocycles. The van der Waals surface area contributed by atoms with Gasteiger partial charge in [-0.2, -0.15) is 0 Å². The molecule has 1 N–H and O–H groups in total. The van der Waals surface area contributed by atoms with Crippen LogP contribution in [-0.4, -0.2) is 19.6 Å². The maximum atomic E-state index is 12.2. The highest BCUT2D eigenvalue weighted by atomic mass is 35.5. The van der Waals surface area contributed by atoms with Gasteiger partial charge >= 0.3 is 0 Å². The number of hydrogen-bond donors (Lipinski definition) is 1. The Morgan fingerprint density at radius 1 is 1.21 bits per heavy atom. The van der Waals surface area contributed by atoms with E-state index in [0.717, 1.165) is 12.0 Å². The van der Waals surface area contributed by atoms with Crippen molar-refractivity contribution in [2.75, 3.05) is 13.7 Å². The van der Waals surface area contributed by atoms with E-state index in [9.17, 15) is 4.79 Å². The summed E-state index contributed by atoms with van der Waals surface area (Å²) in [4.78, 5) is 17.4. The lowest BCUT2D eigenvalue weighted by atomic mass is 10.2. The summed E-state index contributed by atoms with van der Waals surface area (Å²) >= 11 is 6.20. The molecule has 0 bridgehead atoms. The van der Waals surface area contributed by atoms with Crippen LogP contribution < -0.4 is 15.0 Å². The minimum Gasteiger partial charge on any atom is -0.493 e. The predicted octanol–water partition coefficient (Wildman–Crippen LogP) is 4.00. The minimum absolute atomic E-state index is 0.273. The fourth-order valence-electron chi connectivity index (χ4n) is 2.01. The number of halogens is 1. The molecular weight excluding hydrogens is 330 g/mol. The molecule has 6 heteroatoms. The quantitative estimate of drug-likeness (QED) is 0.732. The summed E-state index contributed by atoms with van der Waals surface area (Å²) in [5.74, 6) is 0.431. The molecule has 0 spiro atoms. The number of amides is 1. The molecule has 0 saturated carbocycles. The van der Waals surface area contributed by atoms with Crippen LogP contribution >= 0.6 is 11.6 Å². The van der Waals surface area contributed by atoms with E-state index >= 15 is 0 Å². The number of hydroxylamine groups is 1. The zero-order chi connectivity index (χ0) is 17.4. The van der Waals surface area contributed by atoms with Gasteiger partial charge < -0.3 is 9.47 Å². The van der Waals surface area contributed by atoms with Crippen LogP contribution in [0.15, 0.2) is 42.5 Å². The highest BCUT2D eigenvalue weighted by Crippen LogP contribution is 2.36. The zero-order valence-electron chi connectivity index (χ0n) is 13.7. The first kappa shape index (κ1) is 18.1. The number of hydrogen-bond acceptors (Lipinski definition) is 4. The molecule has 2 aromatic rings. The first-order chi connectivity index (χ1) is 11.7. The molecular formula is C18H20ClNO4. The molecule has 2 rings (SSSR count). The summed E-state index contributed by atoms with van der Waals surface area (Å²) in [7, 11) is 1.50. The Kier molecular flexibility index (Phi) is 6.90. The highest BCUT2D eigenvalue weighted by Gasteiger charge is 2.16. The first-order valence-electron chi connectivity index (χ1n) is 7.62. The Balaban J connectivity index is 2.02. The Morgan fingerprint density at radius 2 is 1.96 bits per heavy atom. The van der Waals surface area contributed by atoms with Gasteiger partial charge in [0.15, 0.2) is 11.5 Å². The summed E-state index contributed by atoms with van der Waals surface area (Å²) in [5.41, 5.74) is 3.68. The van der Waals surface area contributed by atoms with Crippen LogP contribution in [0.5, 0.6) is 11.5 Å². The molecule has 0 radical (unpaired) electrons. The molecule has 2 aromatic carbocycles. The van der Waals surface area contributed by atoms with Gasteiger partial charge in [-0.1, -0.05) is 48.9 Å². The van der Waals surface area contributed by atoms with E-state index < -0.39 is 5.91 Å². The third-order valence-corrected chi connectivity index (χ3v) is 3.47. The standard InChI is InChI=1S/C18H20ClNO4/c1-3-9-23-17-15(19)10-14(11-16(17)22-2)18(21)20-24-12-13-7-5-4-6-8-13/h4-8,10-11H,3,9,12H2,1-2H3,(H,20,21). The monoisotopic (exact) mass is 349 g/mol. The van der Waals surface area contributed by atoms with Crippen LogP contribution in [0.25, 0.3) is 0 Å². The van der Waals surface area contributed by atoms with Gasteiger partial charge in [-0.05, 0) is 24.1 Å². The molecule has 24 heavy (non-hydrogen) atoms. The average Bonchev–Trinajstić information content (AvgIpc) is 2.60. The lowest BCUT2D eigenvalue weighted by Crippen LogP contribution is -2.23. The fraction of sp³-hybridized carbons (Fsp3) is 0.278. The normalized spacial score (nSPS) is 10.3. The molecule has 0 aliphatic carbocycles. The van der Waals surface area contributed by atoms with Crippen molar-refractivity contribution in [3.8, 4) is 11.5 Å². The first-order valence-corrected chi connectivity index (χ1v) is 8.00. The average molecular weight is 350 g/mol. The molecule has 0 fully saturated rings. The van der Waals surface area contributed by atoms with E-state index in [4.69, 9.17) is 25.9 Å². The van der Waals surface area contributed by atoms with Crippen molar-refractivity contribution in [1.82, 2.24) is 5.48 Å². The Labute approximate surface area is 146 Å². The zero-order valence-corrected chi connectivity index (χ0v) is 14.4. The summed E-state index contributed by atoms with van der Waals surface area (Å²) in [5, 5.41) is 0.316. The minimum atomic E-state index is -0.409. The van der Waals surface area contributed by atoms with Crippen molar-refractivity contribution in [3.63, 3.8) is 0 Å². The summed E-state index contributed by atoms with van der Waals surface area (Å²) in [6.45, 7) is 2.78. The van der Waals surface area contributed by atoms with E-state index in [2.05, 4.69) is 5.48 Å². The van der Waals surface area contributed by atoms with Gasteiger partial charge in [0.25, 0.3) is 5.91 Å². The van der Waals surface area contributed by atoms with Crippen molar-refractivity contribution < 1.29 is 19.1 Å². The Bertz CT molecular complexity index is 676. The number of nitrogens with one attached hydrogen (secondary N) is 1. The van der Waals surface area contributed by atoms with E-state index in [0.29, 0.717) is 28.7 Å². The molecule has 128 valence electrons. The fourth-order valence-corrected chi connectivity index (χ4v) is 2.28. The van der Waals surface area contributed by atoms with Gasteiger partial charge in [0.1, 0.15) is 0 Å². The number of methoxy groups -OCH3 is 1. The summed E-state index contributed by atoms with van der Waals surface area (Å²) in [6, 6.07) is 12.6. The van der Waals surface area contributed by atoms with Crippen molar-refractivity contribution in [2.24, 2.45) is 0 Å². The van der Waals surface area contributed by atoms with Crippen LogP contribution in [0.1, 0.15) is 29.3 Å². The van der Waals surface area contributed by atoms with E-state index in [1.807, 2.05) is 37.3 Å². The van der Waals surface area contributed by atoms with E-state index in [1.54, 1.807) is 6.07 Å². The van der Waals surface area contributed by atoms with E-state index in [1.165, 1.54) is 13.2 Å². The second-order valence-electron chi connectivity index (χ2n) is 5.04. The number of carbonyl (C=O) groups excluding carboxylic acids is 1. The van der Waals surface area contributed by atoms with Crippen molar-refractivity contribution in [2.45, 2.75) is 20.0 Å². The molecule has 0 atom stereocenters. The van der Waals surface area contributed by atoms with Crippen LogP contribution in [0.3, 0.4) is 0 Å². The Morgan fingerprint density at radius 3 is 2.62 bits per heavy atom. The van der Waals surface area contributed by atoms with Crippen molar-refractivity contribution in [3.05, 3.63) is 58.6 Å². The van der Waals surface area contributed by atoms with Gasteiger partial charge in [0.2, 0.25) is 0 Å². The number of rotatable bonds is 8. The van der Waals surface area contributed by atoms with Crippen LogP contribution in [0, 0.1) is 0 Å². The van der Waals surface area contributed by atoms with Gasteiger partial charge in [0, 0.05) is 5.56 Å². The number of ether oxygens (including phenoxy) is 2. The molecule has 0 aliphatic heterocycles. The maximum absolute atomic E-state index is 12.2. The van der Waals surface area contributed by atoms with Crippen LogP contribution in [0.2, 0.25) is 5.02 Å². The lowest BCUT2D eigenvalue weighted by molar-refractivity contribution is 0.0233. The lowest BCUT2D eigenvalue weighted by Gasteiger charge is -2.13. The molecule has 0 saturated heterocycles. The number of carbonyl (C=O) groups is 1. The molecule has 5 nitrogen and oxygen atoms in total. The SMILES string of the molecule is CCCOc1c(Cl)cc(C(=O)NOCc2ccccc2)cc1OC. The van der Waals surface area contributed by atoms with Crippen LogP contribution in [0.4, 0.5) is 0 Å². The summed E-state index contributed by atoms with van der Waals surface area (Å²) in [6.07, 6.45) is 0.842. The molecule has 1 amide bonds. The second-order valence-corrected chi connectivity index (χ2v) is 5.45. The third-order valence-electron chi connectivity index (χ3n) is 3.19. The van der Waals surface area contributed by atoms with Crippen molar-refractivity contribution >= 4 is 17.5 Å². The highest BCUT2D eigenvalue weighted by molar-refractivity contribution is 6.32. The summed E-state index contributed by atoms with van der Waals surface area (Å²) < 4.78 is 10.8. The smallest absolute Gasteiger partial charge is 0.275 e. The molecule has 0 aliphatic rings. The van der Waals surface area contributed by atoms with Gasteiger partial charge in [-0.15, -0.1) is 0 Å². The van der Waals surface area contributed by atoms with E-state index in [-0.39, 0.29) is 6.61 Å². The second kappa shape index (κ2) is 9.15. The number of benzene rings is 2. The molecule has 0 heterocycles. The Hall–Kier alpha value is -2.24. The maximum Gasteiger partial charge on any atom is 0.275 e. The third kappa shape index (κ3) is 4.88. The molecule has 0 unspecified atom stereocenters. The van der Waals surface area contributed by atoms with Crippen molar-refractivity contribution in [1.29, 1.82) is 0 Å². The predicted molar refractivity (Wildman–Crippen MR) is 92.5 cm³/mol. The topological polar surface area (TPSA) is 56.8 Å². The van der Waals surface area contributed by atoms with Gasteiger partial charge in [-0.3, -0.25) is 9.63 Å². The largest absolute Gasteiger partial charge is 0.493 e. The van der Waals surface area contributed by atoms with Gasteiger partial charge in [-0.25, -0.2) is 5.48 Å². The van der Waals surface area contributed by atoms with Crippen LogP contribution in [-0.2, 0) is 11.4 Å².